The Labute approximate surface area is 150 Å². The van der Waals surface area contributed by atoms with Gasteiger partial charge >= 0.3 is 6.03 Å². The number of primary amides is 1. The van der Waals surface area contributed by atoms with Crippen molar-refractivity contribution in [3.05, 3.63) is 64.7 Å². The van der Waals surface area contributed by atoms with Crippen LogP contribution in [0.4, 0.5) is 10.5 Å². The van der Waals surface area contributed by atoms with E-state index in [1.165, 1.54) is 6.92 Å². The second-order valence-corrected chi connectivity index (χ2v) is 5.94. The molecule has 0 radical (unpaired) electrons. The molecule has 130 valence electrons. The van der Waals surface area contributed by atoms with Crippen LogP contribution in [0.15, 0.2) is 48.5 Å². The summed E-state index contributed by atoms with van der Waals surface area (Å²) in [5.41, 5.74) is 6.91. The van der Waals surface area contributed by atoms with Gasteiger partial charge in [0.2, 0.25) is 5.91 Å². The number of benzene rings is 2. The first kappa shape index (κ1) is 18.5. The van der Waals surface area contributed by atoms with Crippen molar-refractivity contribution in [2.45, 2.75) is 19.4 Å². The average molecular weight is 360 g/mol. The van der Waals surface area contributed by atoms with Crippen LogP contribution in [0.3, 0.4) is 0 Å². The minimum absolute atomic E-state index is 0.0190. The van der Waals surface area contributed by atoms with Crippen molar-refractivity contribution < 1.29 is 14.4 Å². The van der Waals surface area contributed by atoms with Crippen LogP contribution in [0.2, 0.25) is 5.02 Å². The Morgan fingerprint density at radius 2 is 1.80 bits per heavy atom. The van der Waals surface area contributed by atoms with Gasteiger partial charge < -0.3 is 16.4 Å². The van der Waals surface area contributed by atoms with Gasteiger partial charge in [-0.2, -0.15) is 0 Å². The monoisotopic (exact) mass is 359 g/mol. The van der Waals surface area contributed by atoms with Gasteiger partial charge in [0, 0.05) is 16.3 Å². The summed E-state index contributed by atoms with van der Waals surface area (Å²) in [7, 11) is 0. The number of halogens is 1. The highest BCUT2D eigenvalue weighted by atomic mass is 35.5. The van der Waals surface area contributed by atoms with Crippen LogP contribution < -0.4 is 16.4 Å². The van der Waals surface area contributed by atoms with E-state index in [-0.39, 0.29) is 18.1 Å². The number of rotatable bonds is 6. The molecule has 3 amide bonds. The van der Waals surface area contributed by atoms with E-state index in [0.717, 1.165) is 0 Å². The topological polar surface area (TPSA) is 101 Å². The Morgan fingerprint density at radius 1 is 1.12 bits per heavy atom. The molecule has 0 aliphatic rings. The molecular weight excluding hydrogens is 342 g/mol. The van der Waals surface area contributed by atoms with Crippen LogP contribution >= 0.6 is 11.6 Å². The minimum Gasteiger partial charge on any atom is -0.352 e. The molecule has 7 heteroatoms. The van der Waals surface area contributed by atoms with E-state index >= 15 is 0 Å². The number of hydrogen-bond donors (Lipinski definition) is 3. The molecule has 0 heterocycles. The molecule has 6 nitrogen and oxygen atoms in total. The molecule has 4 N–H and O–H groups in total. The van der Waals surface area contributed by atoms with Crippen molar-refractivity contribution >= 4 is 35.0 Å². The highest BCUT2D eigenvalue weighted by Crippen LogP contribution is 2.20. The van der Waals surface area contributed by atoms with E-state index in [1.54, 1.807) is 48.5 Å². The lowest BCUT2D eigenvalue weighted by Crippen LogP contribution is -2.35. The Kier molecular flexibility index (Phi) is 6.14. The first-order valence-electron chi connectivity index (χ1n) is 7.57. The molecule has 25 heavy (non-hydrogen) atoms. The summed E-state index contributed by atoms with van der Waals surface area (Å²) >= 11 is 5.86. The fourth-order valence-corrected chi connectivity index (χ4v) is 2.46. The highest BCUT2D eigenvalue weighted by molar-refractivity contribution is 6.30. The number of amides is 3. The number of ketones is 1. The van der Waals surface area contributed by atoms with Crippen LogP contribution in [0.5, 0.6) is 0 Å². The minimum atomic E-state index is -0.730. The fraction of sp³-hybridized carbons (Fsp3) is 0.167. The zero-order chi connectivity index (χ0) is 18.4. The smallest absolute Gasteiger partial charge is 0.312 e. The molecule has 0 bridgehead atoms. The molecule has 0 aliphatic carbocycles. The number of carbonyl (C=O) groups excluding carboxylic acids is 3. The Morgan fingerprint density at radius 3 is 2.40 bits per heavy atom. The number of Topliss-reactive ketones (excluding diaryl/α,β-unsaturated/α-hetero) is 1. The third kappa shape index (κ3) is 5.61. The van der Waals surface area contributed by atoms with Crippen LogP contribution in [-0.4, -0.2) is 17.7 Å². The molecule has 0 saturated heterocycles. The lowest BCUT2D eigenvalue weighted by Gasteiger charge is -2.18. The number of anilines is 1. The quantitative estimate of drug-likeness (QED) is 0.690. The number of carbonyl (C=O) groups is 3. The highest BCUT2D eigenvalue weighted by Gasteiger charge is 2.18. The molecule has 2 aromatic carbocycles. The maximum atomic E-state index is 12.3. The van der Waals surface area contributed by atoms with E-state index in [0.29, 0.717) is 21.8 Å². The number of nitrogens with one attached hydrogen (secondary N) is 2. The second-order valence-electron chi connectivity index (χ2n) is 5.50. The Balaban J connectivity index is 2.11. The van der Waals surface area contributed by atoms with E-state index in [1.807, 2.05) is 0 Å². The molecule has 0 aliphatic heterocycles. The molecular formula is C18H18ClN3O3. The predicted octanol–water partition coefficient (Wildman–Crippen LogP) is 3.28. The van der Waals surface area contributed by atoms with Gasteiger partial charge in [-0.15, -0.1) is 0 Å². The summed E-state index contributed by atoms with van der Waals surface area (Å²) in [4.78, 5) is 34.9. The maximum absolute atomic E-state index is 12.3. The van der Waals surface area contributed by atoms with E-state index in [2.05, 4.69) is 10.6 Å². The summed E-state index contributed by atoms with van der Waals surface area (Å²) < 4.78 is 0. The van der Waals surface area contributed by atoms with Crippen molar-refractivity contribution in [2.75, 3.05) is 5.32 Å². The zero-order valence-electron chi connectivity index (χ0n) is 13.6. The first-order chi connectivity index (χ1) is 11.8. The Bertz CT molecular complexity index is 790. The molecule has 2 aromatic rings. The van der Waals surface area contributed by atoms with Crippen molar-refractivity contribution in [2.24, 2.45) is 5.73 Å². The third-order valence-electron chi connectivity index (χ3n) is 3.53. The van der Waals surface area contributed by atoms with Gasteiger partial charge in [0.1, 0.15) is 0 Å². The Hall–Kier alpha value is -2.86. The molecule has 0 aromatic heterocycles. The van der Waals surface area contributed by atoms with Gasteiger partial charge in [0.05, 0.1) is 12.5 Å². The molecule has 0 fully saturated rings. The van der Waals surface area contributed by atoms with Crippen LogP contribution in [0.25, 0.3) is 0 Å². The van der Waals surface area contributed by atoms with Crippen LogP contribution in [0.1, 0.15) is 35.3 Å². The van der Waals surface area contributed by atoms with E-state index < -0.39 is 12.1 Å². The normalized spacial score (nSPS) is 11.4. The summed E-state index contributed by atoms with van der Waals surface area (Å²) in [6.45, 7) is 1.45. The molecule has 0 unspecified atom stereocenters. The predicted molar refractivity (Wildman–Crippen MR) is 96.6 cm³/mol. The van der Waals surface area contributed by atoms with Gasteiger partial charge in [-0.1, -0.05) is 35.9 Å². The van der Waals surface area contributed by atoms with Crippen molar-refractivity contribution in [1.29, 1.82) is 0 Å². The third-order valence-corrected chi connectivity index (χ3v) is 3.78. The SMILES string of the molecule is CC(=O)c1cccc(NC(=O)C[C@H](NC(N)=O)c2ccc(Cl)cc2)c1. The van der Waals surface area contributed by atoms with Crippen molar-refractivity contribution in [3.63, 3.8) is 0 Å². The van der Waals surface area contributed by atoms with Gasteiger partial charge in [0.25, 0.3) is 0 Å². The summed E-state index contributed by atoms with van der Waals surface area (Å²) in [5, 5.41) is 5.80. The summed E-state index contributed by atoms with van der Waals surface area (Å²) in [6, 6.07) is 12.1. The molecule has 2 rings (SSSR count). The maximum Gasteiger partial charge on any atom is 0.312 e. The van der Waals surface area contributed by atoms with Crippen LogP contribution in [-0.2, 0) is 4.79 Å². The van der Waals surface area contributed by atoms with Gasteiger partial charge in [0.15, 0.2) is 5.78 Å². The number of urea groups is 1. The van der Waals surface area contributed by atoms with E-state index in [4.69, 9.17) is 17.3 Å². The molecule has 0 saturated carbocycles. The average Bonchev–Trinajstić information content (AvgIpc) is 2.54. The largest absolute Gasteiger partial charge is 0.352 e. The second kappa shape index (κ2) is 8.30. The van der Waals surface area contributed by atoms with Gasteiger partial charge in [-0.05, 0) is 36.8 Å². The summed E-state index contributed by atoms with van der Waals surface area (Å²) in [6.07, 6.45) is -0.0190. The molecule has 0 spiro atoms. The lowest BCUT2D eigenvalue weighted by molar-refractivity contribution is -0.116. The standard InChI is InChI=1S/C18H18ClN3O3/c1-11(23)13-3-2-4-15(9-13)21-17(24)10-16(22-18(20)25)12-5-7-14(19)8-6-12/h2-9,16H,10H2,1H3,(H,21,24)(H3,20,22,25)/t16-/m0/s1. The summed E-state index contributed by atoms with van der Waals surface area (Å²) in [5.74, 6) is -0.417. The fourth-order valence-electron chi connectivity index (χ4n) is 2.33. The van der Waals surface area contributed by atoms with Gasteiger partial charge in [-0.25, -0.2) is 4.79 Å². The van der Waals surface area contributed by atoms with Gasteiger partial charge in [-0.3, -0.25) is 9.59 Å². The van der Waals surface area contributed by atoms with E-state index in [9.17, 15) is 14.4 Å². The van der Waals surface area contributed by atoms with Crippen molar-refractivity contribution in [3.8, 4) is 0 Å². The molecule has 1 atom stereocenters. The zero-order valence-corrected chi connectivity index (χ0v) is 14.3. The van der Waals surface area contributed by atoms with Crippen LogP contribution in [0, 0.1) is 0 Å². The number of hydrogen-bond acceptors (Lipinski definition) is 3. The van der Waals surface area contributed by atoms with Crippen molar-refractivity contribution in [1.82, 2.24) is 5.32 Å². The number of nitrogens with two attached hydrogens (primary N) is 1. The first-order valence-corrected chi connectivity index (χ1v) is 7.95. The lowest BCUT2D eigenvalue weighted by atomic mass is 10.0.